The van der Waals surface area contributed by atoms with E-state index < -0.39 is 6.10 Å². The van der Waals surface area contributed by atoms with Gasteiger partial charge in [0.25, 0.3) is 0 Å². The molecule has 0 saturated heterocycles. The lowest BCUT2D eigenvalue weighted by molar-refractivity contribution is -0.119. The van der Waals surface area contributed by atoms with Gasteiger partial charge in [-0.3, -0.25) is 4.79 Å². The van der Waals surface area contributed by atoms with Crippen molar-refractivity contribution in [2.75, 3.05) is 11.4 Å². The Morgan fingerprint density at radius 2 is 1.88 bits per heavy atom. The van der Waals surface area contributed by atoms with Crippen LogP contribution in [-0.4, -0.2) is 32.3 Å². The van der Waals surface area contributed by atoms with E-state index in [9.17, 15) is 9.90 Å². The molecule has 1 aromatic heterocycles. The van der Waals surface area contributed by atoms with E-state index in [0.717, 1.165) is 15.7 Å². The molecule has 1 N–H and O–H groups in total. The van der Waals surface area contributed by atoms with E-state index in [1.165, 1.54) is 17.3 Å². The van der Waals surface area contributed by atoms with Gasteiger partial charge in [0.2, 0.25) is 5.91 Å². The van der Waals surface area contributed by atoms with E-state index in [1.807, 2.05) is 54.6 Å². The van der Waals surface area contributed by atoms with Crippen LogP contribution in [-0.2, 0) is 11.3 Å². The van der Waals surface area contributed by atoms with Crippen molar-refractivity contribution in [2.24, 2.45) is 0 Å². The maximum Gasteiger partial charge on any atom is 0.248 e. The largest absolute Gasteiger partial charge is 0.387 e. The summed E-state index contributed by atoms with van der Waals surface area (Å²) in [4.78, 5) is 18.2. The molecule has 0 spiro atoms. The number of benzene rings is 2. The molecule has 0 radical (unpaired) electrons. The molecule has 7 heteroatoms. The van der Waals surface area contributed by atoms with E-state index in [0.29, 0.717) is 0 Å². The van der Waals surface area contributed by atoms with Crippen LogP contribution in [0.15, 0.2) is 71.7 Å². The number of aromatic nitrogens is 3. The van der Waals surface area contributed by atoms with Gasteiger partial charge in [-0.05, 0) is 29.8 Å². The first-order chi connectivity index (χ1) is 12.1. The molecular formula is C18H17BrN4O2. The standard InChI is InChI=1S/C18H17BrN4O2/c19-15-8-6-14(7-9-15)17(24)10-23(16-4-2-1-3-5-16)18(25)11-22-13-20-12-21-22/h1-9,12-13,17,24H,10-11H2. The number of carbonyl (C=O) groups is 1. The fourth-order valence-electron chi connectivity index (χ4n) is 2.46. The molecule has 1 heterocycles. The Kier molecular flexibility index (Phi) is 5.57. The molecule has 0 bridgehead atoms. The Morgan fingerprint density at radius 1 is 1.16 bits per heavy atom. The summed E-state index contributed by atoms with van der Waals surface area (Å²) in [6.07, 6.45) is 2.08. The van der Waals surface area contributed by atoms with Gasteiger partial charge in [-0.1, -0.05) is 46.3 Å². The lowest BCUT2D eigenvalue weighted by atomic mass is 10.1. The van der Waals surface area contributed by atoms with Crippen LogP contribution in [0.2, 0.25) is 0 Å². The van der Waals surface area contributed by atoms with Gasteiger partial charge in [-0.15, -0.1) is 0 Å². The van der Waals surface area contributed by atoms with Crippen molar-refractivity contribution in [2.45, 2.75) is 12.6 Å². The van der Waals surface area contributed by atoms with E-state index in [1.54, 1.807) is 4.90 Å². The summed E-state index contributed by atoms with van der Waals surface area (Å²) in [6, 6.07) is 16.7. The first-order valence-corrected chi connectivity index (χ1v) is 8.54. The summed E-state index contributed by atoms with van der Waals surface area (Å²) in [5, 5.41) is 14.5. The number of aliphatic hydroxyl groups excluding tert-OH is 1. The average molecular weight is 401 g/mol. The summed E-state index contributed by atoms with van der Waals surface area (Å²) in [7, 11) is 0. The number of aliphatic hydroxyl groups is 1. The van der Waals surface area contributed by atoms with Crippen LogP contribution < -0.4 is 4.90 Å². The van der Waals surface area contributed by atoms with E-state index in [2.05, 4.69) is 26.0 Å². The number of nitrogens with zero attached hydrogens (tertiary/aromatic N) is 4. The Labute approximate surface area is 153 Å². The summed E-state index contributed by atoms with van der Waals surface area (Å²) in [6.45, 7) is 0.209. The second-order valence-electron chi connectivity index (χ2n) is 5.50. The normalized spacial score (nSPS) is 11.9. The van der Waals surface area contributed by atoms with Gasteiger partial charge < -0.3 is 10.0 Å². The molecular weight excluding hydrogens is 384 g/mol. The number of hydrogen-bond acceptors (Lipinski definition) is 4. The molecule has 0 aliphatic rings. The van der Waals surface area contributed by atoms with Gasteiger partial charge in [0.05, 0.1) is 12.6 Å². The molecule has 2 aromatic carbocycles. The fraction of sp³-hybridized carbons (Fsp3) is 0.167. The smallest absolute Gasteiger partial charge is 0.248 e. The molecule has 3 aromatic rings. The third-order valence-electron chi connectivity index (χ3n) is 3.74. The lowest BCUT2D eigenvalue weighted by Crippen LogP contribution is -2.37. The number of carbonyl (C=O) groups excluding carboxylic acids is 1. The van der Waals surface area contributed by atoms with Crippen LogP contribution >= 0.6 is 15.9 Å². The molecule has 0 saturated carbocycles. The molecule has 25 heavy (non-hydrogen) atoms. The molecule has 0 aliphatic carbocycles. The van der Waals surface area contributed by atoms with Gasteiger partial charge in [-0.2, -0.15) is 5.10 Å². The molecule has 6 nitrogen and oxygen atoms in total. The maximum atomic E-state index is 12.8. The number of hydrogen-bond donors (Lipinski definition) is 1. The molecule has 1 unspecified atom stereocenters. The minimum atomic E-state index is -0.798. The van der Waals surface area contributed by atoms with Crippen molar-refractivity contribution >= 4 is 27.5 Å². The van der Waals surface area contributed by atoms with Crippen molar-refractivity contribution < 1.29 is 9.90 Å². The van der Waals surface area contributed by atoms with Crippen LogP contribution in [0.1, 0.15) is 11.7 Å². The molecule has 1 amide bonds. The number of rotatable bonds is 6. The van der Waals surface area contributed by atoms with Crippen LogP contribution in [0.3, 0.4) is 0 Å². The van der Waals surface area contributed by atoms with Gasteiger partial charge in [0.15, 0.2) is 0 Å². The molecule has 3 rings (SSSR count). The Balaban J connectivity index is 1.81. The highest BCUT2D eigenvalue weighted by Crippen LogP contribution is 2.21. The zero-order valence-corrected chi connectivity index (χ0v) is 15.0. The van der Waals surface area contributed by atoms with Crippen molar-refractivity contribution in [3.63, 3.8) is 0 Å². The minimum Gasteiger partial charge on any atom is -0.387 e. The van der Waals surface area contributed by atoms with Crippen LogP contribution in [0, 0.1) is 0 Å². The SMILES string of the molecule is O=C(Cn1cncn1)N(CC(O)c1ccc(Br)cc1)c1ccccc1. The molecule has 0 fully saturated rings. The number of para-hydroxylation sites is 1. The predicted molar refractivity (Wildman–Crippen MR) is 97.9 cm³/mol. The third kappa shape index (κ3) is 4.52. The van der Waals surface area contributed by atoms with E-state index in [-0.39, 0.29) is 19.0 Å². The first kappa shape index (κ1) is 17.3. The van der Waals surface area contributed by atoms with Gasteiger partial charge in [-0.25, -0.2) is 9.67 Å². The fourth-order valence-corrected chi connectivity index (χ4v) is 2.73. The van der Waals surface area contributed by atoms with Crippen LogP contribution in [0.25, 0.3) is 0 Å². The predicted octanol–water partition coefficient (Wildman–Crippen LogP) is 2.81. The zero-order chi connectivity index (χ0) is 17.6. The number of amides is 1. The van der Waals surface area contributed by atoms with Gasteiger partial charge >= 0.3 is 0 Å². The summed E-state index contributed by atoms with van der Waals surface area (Å²) in [5.41, 5.74) is 1.47. The van der Waals surface area contributed by atoms with E-state index in [4.69, 9.17) is 0 Å². The van der Waals surface area contributed by atoms with E-state index >= 15 is 0 Å². The Bertz CT molecular complexity index is 807. The van der Waals surface area contributed by atoms with Gasteiger partial charge in [0, 0.05) is 10.2 Å². The van der Waals surface area contributed by atoms with Gasteiger partial charge in [0.1, 0.15) is 19.2 Å². The van der Waals surface area contributed by atoms with Crippen molar-refractivity contribution in [1.29, 1.82) is 0 Å². The quantitative estimate of drug-likeness (QED) is 0.690. The zero-order valence-electron chi connectivity index (χ0n) is 13.4. The second kappa shape index (κ2) is 8.04. The maximum absolute atomic E-state index is 12.8. The number of anilines is 1. The first-order valence-electron chi connectivity index (χ1n) is 7.75. The average Bonchev–Trinajstić information content (AvgIpc) is 3.13. The van der Waals surface area contributed by atoms with Crippen LogP contribution in [0.4, 0.5) is 5.69 Å². The lowest BCUT2D eigenvalue weighted by Gasteiger charge is -2.25. The molecule has 0 aliphatic heterocycles. The second-order valence-corrected chi connectivity index (χ2v) is 6.42. The minimum absolute atomic E-state index is 0.0575. The van der Waals surface area contributed by atoms with Crippen LogP contribution in [0.5, 0.6) is 0 Å². The molecule has 1 atom stereocenters. The third-order valence-corrected chi connectivity index (χ3v) is 4.27. The Hall–Kier alpha value is -2.51. The summed E-state index contributed by atoms with van der Waals surface area (Å²) >= 11 is 3.38. The highest BCUT2D eigenvalue weighted by molar-refractivity contribution is 9.10. The molecule has 128 valence electrons. The summed E-state index contributed by atoms with van der Waals surface area (Å²) in [5.74, 6) is -0.173. The highest BCUT2D eigenvalue weighted by atomic mass is 79.9. The number of halogens is 1. The summed E-state index contributed by atoms with van der Waals surface area (Å²) < 4.78 is 2.40. The topological polar surface area (TPSA) is 71.2 Å². The van der Waals surface area contributed by atoms with Crippen molar-refractivity contribution in [1.82, 2.24) is 14.8 Å². The van der Waals surface area contributed by atoms with Crippen molar-refractivity contribution in [3.8, 4) is 0 Å². The Morgan fingerprint density at radius 3 is 2.52 bits per heavy atom. The van der Waals surface area contributed by atoms with Crippen molar-refractivity contribution in [3.05, 3.63) is 77.3 Å². The highest BCUT2D eigenvalue weighted by Gasteiger charge is 2.21. The monoisotopic (exact) mass is 400 g/mol.